The number of anilines is 1. The summed E-state index contributed by atoms with van der Waals surface area (Å²) in [5.74, 6) is 0. The molecule has 2 unspecified atom stereocenters. The second-order valence-corrected chi connectivity index (χ2v) is 7.31. The van der Waals surface area contributed by atoms with E-state index in [9.17, 15) is 8.42 Å². The van der Waals surface area contributed by atoms with Crippen LogP contribution in [0.4, 0.5) is 5.69 Å². The summed E-state index contributed by atoms with van der Waals surface area (Å²) >= 11 is 0. The molecule has 112 valence electrons. The minimum absolute atomic E-state index is 0.00986. The van der Waals surface area contributed by atoms with Crippen molar-refractivity contribution in [2.75, 3.05) is 18.8 Å². The lowest BCUT2D eigenvalue weighted by Crippen LogP contribution is -2.42. The normalized spacial score (nSPS) is 25.7. The van der Waals surface area contributed by atoms with E-state index in [0.29, 0.717) is 11.7 Å². The zero-order valence-corrected chi connectivity index (χ0v) is 12.4. The van der Waals surface area contributed by atoms with Gasteiger partial charge in [0.25, 0.3) is 0 Å². The Bertz CT molecular complexity index is 695. The summed E-state index contributed by atoms with van der Waals surface area (Å²) < 4.78 is 27.9. The van der Waals surface area contributed by atoms with Crippen molar-refractivity contribution < 1.29 is 8.42 Å². The number of nitrogens with two attached hydrogens (primary N) is 1. The summed E-state index contributed by atoms with van der Waals surface area (Å²) in [5.41, 5.74) is 6.08. The fourth-order valence-corrected chi connectivity index (χ4v) is 4.79. The van der Waals surface area contributed by atoms with E-state index in [2.05, 4.69) is 9.62 Å². The first-order valence-electron chi connectivity index (χ1n) is 7.07. The highest BCUT2D eigenvalue weighted by atomic mass is 32.2. The maximum atomic E-state index is 12.5. The molecule has 0 bridgehead atoms. The molecule has 1 aromatic rings. The van der Waals surface area contributed by atoms with E-state index >= 15 is 0 Å². The molecule has 2 aliphatic heterocycles. The minimum Gasteiger partial charge on any atom is -0.399 e. The van der Waals surface area contributed by atoms with E-state index in [1.807, 2.05) is 6.07 Å². The average molecular weight is 306 g/mol. The fraction of sp³-hybridized carbons (Fsp3) is 0.500. The number of hydrogen-bond acceptors (Lipinski definition) is 5. The average Bonchev–Trinajstić information content (AvgIpc) is 3.03. The number of hydrogen-bond donors (Lipinski definition) is 2. The Labute approximate surface area is 124 Å². The molecular weight excluding hydrogens is 288 g/mol. The zero-order chi connectivity index (χ0) is 15.0. The van der Waals surface area contributed by atoms with Gasteiger partial charge in [0.15, 0.2) is 0 Å². The number of nitrogens with zero attached hydrogens (tertiary/aromatic N) is 2. The van der Waals surface area contributed by atoms with E-state index in [4.69, 9.17) is 11.0 Å². The van der Waals surface area contributed by atoms with Crippen molar-refractivity contribution in [3.8, 4) is 6.07 Å². The van der Waals surface area contributed by atoms with Gasteiger partial charge in [-0.05, 0) is 44.0 Å². The van der Waals surface area contributed by atoms with Gasteiger partial charge in [-0.2, -0.15) is 5.26 Å². The molecule has 0 aliphatic carbocycles. The molecule has 2 aliphatic rings. The van der Waals surface area contributed by atoms with Crippen LogP contribution in [-0.2, 0) is 10.0 Å². The third kappa shape index (κ3) is 2.62. The molecule has 0 aromatic heterocycles. The molecule has 0 spiro atoms. The molecule has 3 rings (SSSR count). The number of sulfonamides is 1. The standard InChI is InChI=1S/C14H18N4O2S/c15-9-10-8-11(16)3-4-14(10)21(19,20)17-12-5-7-18-6-1-2-13(12)18/h3-4,8,12-13,17H,1-2,5-7,16H2. The van der Waals surface area contributed by atoms with Crippen molar-refractivity contribution in [3.05, 3.63) is 23.8 Å². The molecule has 7 heteroatoms. The molecule has 2 atom stereocenters. The first kappa shape index (κ1) is 14.3. The van der Waals surface area contributed by atoms with Crippen molar-refractivity contribution in [1.29, 1.82) is 5.26 Å². The van der Waals surface area contributed by atoms with Gasteiger partial charge in [-0.1, -0.05) is 0 Å². The topological polar surface area (TPSA) is 99.2 Å². The molecule has 2 fully saturated rings. The second-order valence-electron chi connectivity index (χ2n) is 5.63. The van der Waals surface area contributed by atoms with Gasteiger partial charge in [0.05, 0.1) is 10.5 Å². The van der Waals surface area contributed by atoms with Gasteiger partial charge in [-0.3, -0.25) is 4.90 Å². The molecule has 1 aromatic carbocycles. The van der Waals surface area contributed by atoms with Crippen molar-refractivity contribution in [2.45, 2.75) is 36.2 Å². The van der Waals surface area contributed by atoms with Crippen LogP contribution in [0.15, 0.2) is 23.1 Å². The van der Waals surface area contributed by atoms with Gasteiger partial charge < -0.3 is 5.73 Å². The van der Waals surface area contributed by atoms with E-state index < -0.39 is 10.0 Å². The summed E-state index contributed by atoms with van der Waals surface area (Å²) in [6, 6.07) is 6.43. The van der Waals surface area contributed by atoms with Crippen molar-refractivity contribution >= 4 is 15.7 Å². The SMILES string of the molecule is N#Cc1cc(N)ccc1S(=O)(=O)NC1CCN2CCCC12. The van der Waals surface area contributed by atoms with Crippen molar-refractivity contribution in [3.63, 3.8) is 0 Å². The molecule has 3 N–H and O–H groups in total. The summed E-state index contributed by atoms with van der Waals surface area (Å²) in [7, 11) is -3.70. The maximum absolute atomic E-state index is 12.5. The number of benzene rings is 1. The molecule has 6 nitrogen and oxygen atoms in total. The summed E-state index contributed by atoms with van der Waals surface area (Å²) in [4.78, 5) is 2.34. The number of nitriles is 1. The van der Waals surface area contributed by atoms with Crippen LogP contribution in [-0.4, -0.2) is 38.5 Å². The number of rotatable bonds is 3. The summed E-state index contributed by atoms with van der Waals surface area (Å²) in [6.07, 6.45) is 2.97. The quantitative estimate of drug-likeness (QED) is 0.799. The Balaban J connectivity index is 1.86. The van der Waals surface area contributed by atoms with E-state index in [0.717, 1.165) is 32.4 Å². The fourth-order valence-electron chi connectivity index (χ4n) is 3.35. The lowest BCUT2D eigenvalue weighted by atomic mass is 10.1. The molecule has 0 saturated carbocycles. The number of fused-ring (bicyclic) bond motifs is 1. The van der Waals surface area contributed by atoms with Crippen LogP contribution in [0.3, 0.4) is 0 Å². The Kier molecular flexibility index (Phi) is 3.61. The highest BCUT2D eigenvalue weighted by molar-refractivity contribution is 7.89. The smallest absolute Gasteiger partial charge is 0.242 e. The van der Waals surface area contributed by atoms with Crippen LogP contribution in [0.25, 0.3) is 0 Å². The molecule has 21 heavy (non-hydrogen) atoms. The van der Waals surface area contributed by atoms with Crippen LogP contribution in [0, 0.1) is 11.3 Å². The Morgan fingerprint density at radius 2 is 2.14 bits per heavy atom. The number of nitrogen functional groups attached to an aromatic ring is 1. The van der Waals surface area contributed by atoms with Gasteiger partial charge in [-0.15, -0.1) is 0 Å². The lowest BCUT2D eigenvalue weighted by Gasteiger charge is -2.21. The Morgan fingerprint density at radius 3 is 2.90 bits per heavy atom. The minimum atomic E-state index is -3.70. The first-order chi connectivity index (χ1) is 10.0. The highest BCUT2D eigenvalue weighted by Gasteiger charge is 2.39. The van der Waals surface area contributed by atoms with E-state index in [-0.39, 0.29) is 16.5 Å². The maximum Gasteiger partial charge on any atom is 0.242 e. The van der Waals surface area contributed by atoms with Gasteiger partial charge in [0.2, 0.25) is 10.0 Å². The van der Waals surface area contributed by atoms with Crippen LogP contribution in [0.2, 0.25) is 0 Å². The molecular formula is C14H18N4O2S. The predicted octanol–water partition coefficient (Wildman–Crippen LogP) is 0.655. The third-order valence-corrected chi connectivity index (χ3v) is 5.87. The van der Waals surface area contributed by atoms with Crippen molar-refractivity contribution in [1.82, 2.24) is 9.62 Å². The first-order valence-corrected chi connectivity index (χ1v) is 8.55. The monoisotopic (exact) mass is 306 g/mol. The summed E-state index contributed by atoms with van der Waals surface area (Å²) in [5, 5.41) is 9.11. The van der Waals surface area contributed by atoms with Crippen LogP contribution in [0.5, 0.6) is 0 Å². The second kappa shape index (κ2) is 5.30. The predicted molar refractivity (Wildman–Crippen MR) is 78.9 cm³/mol. The highest BCUT2D eigenvalue weighted by Crippen LogP contribution is 2.29. The van der Waals surface area contributed by atoms with E-state index in [1.54, 1.807) is 0 Å². The van der Waals surface area contributed by atoms with Gasteiger partial charge >= 0.3 is 0 Å². The largest absolute Gasteiger partial charge is 0.399 e. The molecule has 0 amide bonds. The molecule has 2 heterocycles. The third-order valence-electron chi connectivity index (χ3n) is 4.33. The Morgan fingerprint density at radius 1 is 1.33 bits per heavy atom. The molecule has 2 saturated heterocycles. The van der Waals surface area contributed by atoms with Crippen LogP contribution in [0.1, 0.15) is 24.8 Å². The molecule has 0 radical (unpaired) electrons. The lowest BCUT2D eigenvalue weighted by molar-refractivity contribution is 0.309. The zero-order valence-electron chi connectivity index (χ0n) is 11.6. The van der Waals surface area contributed by atoms with Gasteiger partial charge in [0, 0.05) is 24.3 Å². The van der Waals surface area contributed by atoms with Crippen LogP contribution >= 0.6 is 0 Å². The van der Waals surface area contributed by atoms with Gasteiger partial charge in [0.1, 0.15) is 6.07 Å². The van der Waals surface area contributed by atoms with Crippen LogP contribution < -0.4 is 10.5 Å². The Hall–Kier alpha value is -1.62. The van der Waals surface area contributed by atoms with E-state index in [1.165, 1.54) is 18.2 Å². The van der Waals surface area contributed by atoms with Crippen molar-refractivity contribution in [2.24, 2.45) is 0 Å². The summed E-state index contributed by atoms with van der Waals surface area (Å²) in [6.45, 7) is 1.99. The number of nitrogens with one attached hydrogen (secondary N) is 1. The van der Waals surface area contributed by atoms with Gasteiger partial charge in [-0.25, -0.2) is 13.1 Å².